The summed E-state index contributed by atoms with van der Waals surface area (Å²) in [4.78, 5) is 11.7. The molecule has 1 aliphatic rings. The number of carbonyl (C=O) groups is 1. The van der Waals surface area contributed by atoms with Crippen molar-refractivity contribution in [2.45, 2.75) is 31.8 Å². The monoisotopic (exact) mass is 220 g/mol. The van der Waals surface area contributed by atoms with Crippen LogP contribution in [0.1, 0.15) is 31.7 Å². The van der Waals surface area contributed by atoms with Crippen LogP contribution < -0.4 is 4.74 Å². The zero-order valence-corrected chi connectivity index (χ0v) is 9.82. The first-order valence-electron chi connectivity index (χ1n) is 5.39. The van der Waals surface area contributed by atoms with E-state index in [4.69, 9.17) is 9.47 Å². The molecule has 0 aliphatic carbocycles. The second-order valence-electron chi connectivity index (χ2n) is 4.71. The van der Waals surface area contributed by atoms with Crippen LogP contribution in [0.4, 0.5) is 0 Å². The van der Waals surface area contributed by atoms with Gasteiger partial charge in [0.15, 0.2) is 0 Å². The standard InChI is InChI=1S/C13H16O3/c1-13(2)8-11(12(14)16-13)9-4-6-10(15-3)7-5-9/h4-7,11H,8H2,1-3H3. The van der Waals surface area contributed by atoms with Crippen molar-refractivity contribution in [3.63, 3.8) is 0 Å². The van der Waals surface area contributed by atoms with Crippen molar-refractivity contribution in [2.24, 2.45) is 0 Å². The van der Waals surface area contributed by atoms with Crippen molar-refractivity contribution in [3.05, 3.63) is 29.8 Å². The molecule has 2 rings (SSSR count). The Kier molecular flexibility index (Phi) is 2.62. The van der Waals surface area contributed by atoms with E-state index >= 15 is 0 Å². The number of hydrogen-bond acceptors (Lipinski definition) is 3. The minimum Gasteiger partial charge on any atom is -0.497 e. The zero-order valence-electron chi connectivity index (χ0n) is 9.82. The minimum absolute atomic E-state index is 0.129. The van der Waals surface area contributed by atoms with Crippen LogP contribution in [0.25, 0.3) is 0 Å². The number of cyclic esters (lactones) is 1. The highest BCUT2D eigenvalue weighted by Crippen LogP contribution is 2.37. The summed E-state index contributed by atoms with van der Waals surface area (Å²) >= 11 is 0. The Morgan fingerprint density at radius 3 is 2.38 bits per heavy atom. The molecule has 3 heteroatoms. The van der Waals surface area contributed by atoms with Gasteiger partial charge in [0.1, 0.15) is 11.4 Å². The predicted molar refractivity (Wildman–Crippen MR) is 60.5 cm³/mol. The van der Waals surface area contributed by atoms with Crippen molar-refractivity contribution < 1.29 is 14.3 Å². The molecule has 1 fully saturated rings. The molecule has 1 aromatic rings. The van der Waals surface area contributed by atoms with Crippen molar-refractivity contribution in [1.29, 1.82) is 0 Å². The van der Waals surface area contributed by atoms with Crippen LogP contribution in [0.3, 0.4) is 0 Å². The molecule has 16 heavy (non-hydrogen) atoms. The SMILES string of the molecule is COc1ccc(C2CC(C)(C)OC2=O)cc1. The van der Waals surface area contributed by atoms with Gasteiger partial charge in [-0.2, -0.15) is 0 Å². The average Bonchev–Trinajstić information content (AvgIpc) is 2.52. The molecular formula is C13H16O3. The molecule has 0 radical (unpaired) electrons. The van der Waals surface area contributed by atoms with E-state index in [9.17, 15) is 4.79 Å². The van der Waals surface area contributed by atoms with Gasteiger partial charge in [0.05, 0.1) is 13.0 Å². The zero-order chi connectivity index (χ0) is 11.8. The van der Waals surface area contributed by atoms with Crippen molar-refractivity contribution in [2.75, 3.05) is 7.11 Å². The quantitative estimate of drug-likeness (QED) is 0.718. The Hall–Kier alpha value is -1.51. The van der Waals surface area contributed by atoms with E-state index in [1.54, 1.807) is 7.11 Å². The number of benzene rings is 1. The molecule has 0 spiro atoms. The molecule has 0 bridgehead atoms. The van der Waals surface area contributed by atoms with Crippen molar-refractivity contribution in [3.8, 4) is 5.75 Å². The van der Waals surface area contributed by atoms with Gasteiger partial charge in [0, 0.05) is 6.42 Å². The third-order valence-corrected chi connectivity index (χ3v) is 2.88. The number of ether oxygens (including phenoxy) is 2. The van der Waals surface area contributed by atoms with Crippen molar-refractivity contribution >= 4 is 5.97 Å². The van der Waals surface area contributed by atoms with E-state index < -0.39 is 0 Å². The molecule has 0 amide bonds. The summed E-state index contributed by atoms with van der Waals surface area (Å²) in [6, 6.07) is 7.58. The normalized spacial score (nSPS) is 22.9. The maximum Gasteiger partial charge on any atom is 0.314 e. The van der Waals surface area contributed by atoms with E-state index in [-0.39, 0.29) is 17.5 Å². The van der Waals surface area contributed by atoms with E-state index in [0.29, 0.717) is 0 Å². The number of methoxy groups -OCH3 is 1. The van der Waals surface area contributed by atoms with Gasteiger partial charge >= 0.3 is 5.97 Å². The first-order chi connectivity index (χ1) is 7.52. The first kappa shape index (κ1) is 11.0. The van der Waals surface area contributed by atoms with Gasteiger partial charge in [-0.15, -0.1) is 0 Å². The second-order valence-corrected chi connectivity index (χ2v) is 4.71. The van der Waals surface area contributed by atoms with Gasteiger partial charge < -0.3 is 9.47 Å². The summed E-state index contributed by atoms with van der Waals surface area (Å²) in [6.07, 6.45) is 0.734. The van der Waals surface area contributed by atoms with Gasteiger partial charge in [0.25, 0.3) is 0 Å². The summed E-state index contributed by atoms with van der Waals surface area (Å²) in [7, 11) is 1.63. The molecular weight excluding hydrogens is 204 g/mol. The highest BCUT2D eigenvalue weighted by Gasteiger charge is 2.40. The van der Waals surface area contributed by atoms with Gasteiger partial charge in [-0.25, -0.2) is 0 Å². The topological polar surface area (TPSA) is 35.5 Å². The number of rotatable bonds is 2. The summed E-state index contributed by atoms with van der Waals surface area (Å²) in [5.41, 5.74) is 0.651. The van der Waals surface area contributed by atoms with E-state index in [1.807, 2.05) is 38.1 Å². The minimum atomic E-state index is -0.346. The lowest BCUT2D eigenvalue weighted by atomic mass is 9.91. The van der Waals surface area contributed by atoms with Crippen LogP contribution in [-0.2, 0) is 9.53 Å². The summed E-state index contributed by atoms with van der Waals surface area (Å²) < 4.78 is 10.4. The number of hydrogen-bond donors (Lipinski definition) is 0. The number of esters is 1. The average molecular weight is 220 g/mol. The fourth-order valence-corrected chi connectivity index (χ4v) is 2.05. The fraction of sp³-hybridized carbons (Fsp3) is 0.462. The second kappa shape index (κ2) is 3.81. The largest absolute Gasteiger partial charge is 0.497 e. The summed E-state index contributed by atoms with van der Waals surface area (Å²) in [5.74, 6) is 0.533. The Morgan fingerprint density at radius 2 is 1.94 bits per heavy atom. The third kappa shape index (κ3) is 2.03. The Morgan fingerprint density at radius 1 is 1.31 bits per heavy atom. The van der Waals surface area contributed by atoms with Crippen LogP contribution in [0.5, 0.6) is 5.75 Å². The Balaban J connectivity index is 2.21. The maximum atomic E-state index is 11.7. The molecule has 1 heterocycles. The lowest BCUT2D eigenvalue weighted by Gasteiger charge is -2.14. The first-order valence-corrected chi connectivity index (χ1v) is 5.39. The highest BCUT2D eigenvalue weighted by molar-refractivity contribution is 5.80. The van der Waals surface area contributed by atoms with Crippen LogP contribution in [0.2, 0.25) is 0 Å². The molecule has 1 atom stereocenters. The summed E-state index contributed by atoms with van der Waals surface area (Å²) in [5, 5.41) is 0. The molecule has 1 aliphatic heterocycles. The molecule has 86 valence electrons. The van der Waals surface area contributed by atoms with E-state index in [0.717, 1.165) is 17.7 Å². The Bertz CT molecular complexity index is 392. The molecule has 1 unspecified atom stereocenters. The van der Waals surface area contributed by atoms with Crippen molar-refractivity contribution in [1.82, 2.24) is 0 Å². The molecule has 0 aromatic heterocycles. The van der Waals surface area contributed by atoms with Crippen LogP contribution in [0, 0.1) is 0 Å². The highest BCUT2D eigenvalue weighted by atomic mass is 16.6. The molecule has 1 saturated heterocycles. The third-order valence-electron chi connectivity index (χ3n) is 2.88. The van der Waals surface area contributed by atoms with E-state index in [1.165, 1.54) is 0 Å². The van der Waals surface area contributed by atoms with Gasteiger partial charge in [-0.1, -0.05) is 12.1 Å². The van der Waals surface area contributed by atoms with E-state index in [2.05, 4.69) is 0 Å². The Labute approximate surface area is 95.4 Å². The molecule has 1 aromatic carbocycles. The molecule has 0 saturated carbocycles. The van der Waals surface area contributed by atoms with Crippen LogP contribution >= 0.6 is 0 Å². The number of carbonyl (C=O) groups excluding carboxylic acids is 1. The van der Waals surface area contributed by atoms with Gasteiger partial charge in [0.2, 0.25) is 0 Å². The van der Waals surface area contributed by atoms with Crippen LogP contribution in [0.15, 0.2) is 24.3 Å². The van der Waals surface area contributed by atoms with Crippen LogP contribution in [-0.4, -0.2) is 18.7 Å². The predicted octanol–water partition coefficient (Wildman–Crippen LogP) is 2.50. The van der Waals surface area contributed by atoms with Gasteiger partial charge in [-0.3, -0.25) is 4.79 Å². The molecule has 0 N–H and O–H groups in total. The smallest absolute Gasteiger partial charge is 0.314 e. The lowest BCUT2D eigenvalue weighted by molar-refractivity contribution is -0.146. The fourth-order valence-electron chi connectivity index (χ4n) is 2.05. The van der Waals surface area contributed by atoms with Gasteiger partial charge in [-0.05, 0) is 31.5 Å². The molecule has 3 nitrogen and oxygen atoms in total. The summed E-state index contributed by atoms with van der Waals surface area (Å²) in [6.45, 7) is 3.88. The lowest BCUT2D eigenvalue weighted by Crippen LogP contribution is -2.17. The maximum absolute atomic E-state index is 11.7.